The van der Waals surface area contributed by atoms with Crippen LogP contribution in [0.3, 0.4) is 0 Å². The zero-order valence-electron chi connectivity index (χ0n) is 17.1. The molecule has 8 nitrogen and oxygen atoms in total. The van der Waals surface area contributed by atoms with Gasteiger partial charge in [0.05, 0.1) is 12.3 Å². The van der Waals surface area contributed by atoms with Crippen molar-refractivity contribution in [1.82, 2.24) is 9.88 Å². The number of methoxy groups -OCH3 is 2. The van der Waals surface area contributed by atoms with Crippen LogP contribution in [0.25, 0.3) is 11.3 Å². The van der Waals surface area contributed by atoms with Crippen molar-refractivity contribution in [1.29, 1.82) is 0 Å². The van der Waals surface area contributed by atoms with Gasteiger partial charge in [-0.1, -0.05) is 0 Å². The fourth-order valence-electron chi connectivity index (χ4n) is 4.53. The van der Waals surface area contributed by atoms with Crippen LogP contribution in [0.2, 0.25) is 0 Å². The fourth-order valence-corrected chi connectivity index (χ4v) is 4.53. The number of fused-ring (bicyclic) bond motifs is 6. The summed E-state index contributed by atoms with van der Waals surface area (Å²) in [5.74, 6) is -0.505. The van der Waals surface area contributed by atoms with Gasteiger partial charge in [0.25, 0.3) is 0 Å². The highest BCUT2D eigenvalue weighted by molar-refractivity contribution is 5.87. The second kappa shape index (κ2) is 8.59. The first-order chi connectivity index (χ1) is 14.5. The molecule has 3 atom stereocenters. The minimum absolute atomic E-state index is 0.0267. The van der Waals surface area contributed by atoms with E-state index in [1.165, 1.54) is 12.3 Å². The highest BCUT2D eigenvalue weighted by Crippen LogP contribution is 2.47. The molecule has 1 aromatic heterocycles. The van der Waals surface area contributed by atoms with Gasteiger partial charge in [0.1, 0.15) is 17.5 Å². The summed E-state index contributed by atoms with van der Waals surface area (Å²) in [6.45, 7) is 1.91. The lowest BCUT2D eigenvalue weighted by molar-refractivity contribution is 0.0135. The van der Waals surface area contributed by atoms with Crippen LogP contribution in [0.4, 0.5) is 0 Å². The van der Waals surface area contributed by atoms with E-state index < -0.39 is 11.4 Å². The van der Waals surface area contributed by atoms with Gasteiger partial charge in [-0.3, -0.25) is 10.1 Å². The maximum atomic E-state index is 12.4. The van der Waals surface area contributed by atoms with Crippen molar-refractivity contribution in [2.24, 2.45) is 0 Å². The van der Waals surface area contributed by atoms with E-state index in [9.17, 15) is 14.7 Å². The number of piperidine rings is 1. The zero-order chi connectivity index (χ0) is 21.3. The van der Waals surface area contributed by atoms with E-state index in [4.69, 9.17) is 14.2 Å². The largest absolute Gasteiger partial charge is 0.493 e. The number of benzene rings is 1. The first-order valence-corrected chi connectivity index (χ1v) is 10.1. The highest BCUT2D eigenvalue weighted by atomic mass is 16.5. The maximum absolute atomic E-state index is 12.4. The molecule has 2 aromatic rings. The lowest BCUT2D eigenvalue weighted by Crippen LogP contribution is -2.48. The van der Waals surface area contributed by atoms with Gasteiger partial charge in [0.15, 0.2) is 5.43 Å². The number of nitrogens with one attached hydrogen (secondary N) is 1. The number of carboxylic acid groups (broad SMARTS) is 1. The maximum Gasteiger partial charge on any atom is 0.341 e. The van der Waals surface area contributed by atoms with Gasteiger partial charge >= 0.3 is 5.97 Å². The predicted octanol–water partition coefficient (Wildman–Crippen LogP) is 2.23. The summed E-state index contributed by atoms with van der Waals surface area (Å²) in [5, 5.41) is 12.8. The first-order valence-electron chi connectivity index (χ1n) is 10.1. The third-order valence-corrected chi connectivity index (χ3v) is 5.87. The van der Waals surface area contributed by atoms with Crippen LogP contribution in [0.5, 0.6) is 5.75 Å². The molecule has 0 aliphatic carbocycles. The summed E-state index contributed by atoms with van der Waals surface area (Å²) in [4.78, 5) is 24.0. The molecule has 0 amide bonds. The average Bonchev–Trinajstić information content (AvgIpc) is 2.75. The van der Waals surface area contributed by atoms with E-state index >= 15 is 0 Å². The Bertz CT molecular complexity index is 1000. The summed E-state index contributed by atoms with van der Waals surface area (Å²) >= 11 is 0. The molecule has 1 fully saturated rings. The van der Waals surface area contributed by atoms with Crippen molar-refractivity contribution in [2.75, 3.05) is 34.0 Å². The number of rotatable bonds is 7. The molecule has 30 heavy (non-hydrogen) atoms. The molecule has 2 N–H and O–H groups in total. The molecule has 2 aliphatic rings. The molecule has 8 heteroatoms. The molecule has 0 spiro atoms. The first kappa shape index (κ1) is 20.6. The number of pyridine rings is 1. The summed E-state index contributed by atoms with van der Waals surface area (Å²) in [5.41, 5.74) is 1.94. The van der Waals surface area contributed by atoms with E-state index in [1.54, 1.807) is 14.2 Å². The molecule has 1 aromatic carbocycles. The van der Waals surface area contributed by atoms with E-state index in [1.807, 2.05) is 22.8 Å². The molecule has 3 heterocycles. The molecular weight excluding hydrogens is 388 g/mol. The molecular formula is C22H26N2O6. The zero-order valence-corrected chi connectivity index (χ0v) is 17.1. The number of ether oxygens (including phenoxy) is 3. The van der Waals surface area contributed by atoms with E-state index in [0.29, 0.717) is 13.2 Å². The minimum Gasteiger partial charge on any atom is -0.493 e. The van der Waals surface area contributed by atoms with Crippen molar-refractivity contribution in [3.05, 3.63) is 51.8 Å². The molecule has 160 valence electrons. The molecule has 0 bridgehead atoms. The van der Waals surface area contributed by atoms with E-state index in [-0.39, 0.29) is 23.8 Å². The Labute approximate surface area is 174 Å². The number of carbonyl (C=O) groups is 1. The quantitative estimate of drug-likeness (QED) is 0.671. The Kier molecular flexibility index (Phi) is 5.90. The summed E-state index contributed by atoms with van der Waals surface area (Å²) < 4.78 is 18.6. The van der Waals surface area contributed by atoms with Gasteiger partial charge in [-0.2, -0.15) is 0 Å². The monoisotopic (exact) mass is 414 g/mol. The Morgan fingerprint density at radius 2 is 2.10 bits per heavy atom. The third-order valence-electron chi connectivity index (χ3n) is 5.87. The topological polar surface area (TPSA) is 99.0 Å². The van der Waals surface area contributed by atoms with Crippen LogP contribution in [-0.4, -0.2) is 55.8 Å². The third kappa shape index (κ3) is 3.62. The van der Waals surface area contributed by atoms with Gasteiger partial charge in [-0.05, 0) is 36.7 Å². The van der Waals surface area contributed by atoms with Gasteiger partial charge in [-0.15, -0.1) is 0 Å². The lowest BCUT2D eigenvalue weighted by Gasteiger charge is -2.44. The van der Waals surface area contributed by atoms with Gasteiger partial charge < -0.3 is 23.9 Å². The smallest absolute Gasteiger partial charge is 0.341 e. The van der Waals surface area contributed by atoms with Crippen molar-refractivity contribution in [2.45, 2.75) is 31.0 Å². The number of nitrogens with zero attached hydrogens (tertiary/aromatic N) is 1. The molecule has 0 radical (unpaired) electrons. The van der Waals surface area contributed by atoms with Crippen molar-refractivity contribution < 1.29 is 24.1 Å². The Balaban J connectivity index is 1.81. The SMILES string of the molecule is COCCCOc1ccc2c(c1)C1C(OC)NCCC1n1cc(C(=O)O)c(=O)cc1-2. The normalized spacial score (nSPS) is 22.0. The second-order valence-corrected chi connectivity index (χ2v) is 7.59. The number of hydrogen-bond donors (Lipinski definition) is 2. The second-order valence-electron chi connectivity index (χ2n) is 7.59. The molecule has 4 rings (SSSR count). The van der Waals surface area contributed by atoms with Crippen molar-refractivity contribution in [3.63, 3.8) is 0 Å². The Morgan fingerprint density at radius 3 is 2.83 bits per heavy atom. The van der Waals surface area contributed by atoms with Gasteiger partial charge in [-0.25, -0.2) is 4.79 Å². The van der Waals surface area contributed by atoms with Crippen LogP contribution in [0.15, 0.2) is 35.3 Å². The van der Waals surface area contributed by atoms with Crippen molar-refractivity contribution in [3.8, 4) is 17.0 Å². The summed E-state index contributed by atoms with van der Waals surface area (Å²) in [6, 6.07) is 7.23. The molecule has 0 saturated carbocycles. The molecule has 2 aliphatic heterocycles. The summed E-state index contributed by atoms with van der Waals surface area (Å²) in [7, 11) is 3.32. The number of carboxylic acids is 1. The molecule has 1 saturated heterocycles. The van der Waals surface area contributed by atoms with Crippen molar-refractivity contribution >= 4 is 5.97 Å². The van der Waals surface area contributed by atoms with E-state index in [0.717, 1.165) is 42.0 Å². The van der Waals surface area contributed by atoms with Crippen LogP contribution in [-0.2, 0) is 9.47 Å². The lowest BCUT2D eigenvalue weighted by atomic mass is 9.78. The number of hydrogen-bond acceptors (Lipinski definition) is 6. The van der Waals surface area contributed by atoms with Gasteiger partial charge in [0, 0.05) is 57.0 Å². The van der Waals surface area contributed by atoms with Crippen LogP contribution < -0.4 is 15.5 Å². The predicted molar refractivity (Wildman–Crippen MR) is 110 cm³/mol. The highest BCUT2D eigenvalue weighted by Gasteiger charge is 2.41. The average molecular weight is 414 g/mol. The Morgan fingerprint density at radius 1 is 1.27 bits per heavy atom. The van der Waals surface area contributed by atoms with Gasteiger partial charge in [0.2, 0.25) is 0 Å². The molecule has 3 unspecified atom stereocenters. The fraction of sp³-hybridized carbons (Fsp3) is 0.455. The van der Waals surface area contributed by atoms with Crippen LogP contribution in [0, 0.1) is 0 Å². The Hall–Kier alpha value is -2.68. The van der Waals surface area contributed by atoms with Crippen LogP contribution >= 0.6 is 0 Å². The van der Waals surface area contributed by atoms with Crippen LogP contribution in [0.1, 0.15) is 40.7 Å². The standard InChI is InChI=1S/C22H26N2O6/c1-28-8-3-9-30-13-4-5-14-15(10-13)20-17(6-7-23-21(20)29-2)24-12-16(22(26)27)19(25)11-18(14)24/h4-5,10-12,17,20-21,23H,3,6-9H2,1-2H3,(H,26,27). The number of aromatic nitrogens is 1. The van der Waals surface area contributed by atoms with E-state index in [2.05, 4.69) is 5.32 Å². The minimum atomic E-state index is -1.21. The summed E-state index contributed by atoms with van der Waals surface area (Å²) in [6.07, 6.45) is 2.83. The number of aromatic carboxylic acids is 1.